The molecule has 0 aliphatic heterocycles. The van der Waals surface area contributed by atoms with E-state index in [0.717, 1.165) is 0 Å². The Kier molecular flexibility index (Phi) is 2.67. The Bertz CT molecular complexity index is 433. The maximum Gasteiger partial charge on any atom is 0.333 e. The topological polar surface area (TPSA) is 56.7 Å². The predicted molar refractivity (Wildman–Crippen MR) is 50.9 cm³/mol. The van der Waals surface area contributed by atoms with Gasteiger partial charge in [-0.15, -0.1) is 10.2 Å². The average Bonchev–Trinajstić information content (AvgIpc) is 2.86. The van der Waals surface area contributed by atoms with Crippen molar-refractivity contribution in [3.63, 3.8) is 0 Å². The molecule has 0 aliphatic carbocycles. The van der Waals surface area contributed by atoms with Crippen molar-refractivity contribution in [1.29, 1.82) is 0 Å². The molecule has 0 aromatic carbocycles. The number of alkyl halides is 2. The third kappa shape index (κ3) is 1.93. The van der Waals surface area contributed by atoms with Crippen LogP contribution in [0.2, 0.25) is 0 Å². The first-order valence-electron chi connectivity index (χ1n) is 4.74. The SMILES string of the molecule is CC(C)c1nnc(-c2cnn(C(F)F)c2)o1. The zero-order chi connectivity index (χ0) is 11.7. The average molecular weight is 228 g/mol. The van der Waals surface area contributed by atoms with Crippen LogP contribution in [0.3, 0.4) is 0 Å². The summed E-state index contributed by atoms with van der Waals surface area (Å²) < 4.78 is 30.4. The lowest BCUT2D eigenvalue weighted by Gasteiger charge is -1.95. The Labute approximate surface area is 90.1 Å². The highest BCUT2D eigenvalue weighted by Gasteiger charge is 2.14. The van der Waals surface area contributed by atoms with Gasteiger partial charge in [0.2, 0.25) is 5.89 Å². The maximum atomic E-state index is 12.3. The van der Waals surface area contributed by atoms with Gasteiger partial charge in [-0.1, -0.05) is 13.8 Å². The molecular formula is C9H10F2N4O. The lowest BCUT2D eigenvalue weighted by molar-refractivity contribution is 0.0566. The van der Waals surface area contributed by atoms with Crippen LogP contribution in [0, 0.1) is 0 Å². The molecule has 2 aromatic rings. The zero-order valence-corrected chi connectivity index (χ0v) is 8.76. The molecule has 86 valence electrons. The second-order valence-electron chi connectivity index (χ2n) is 3.59. The first-order chi connectivity index (χ1) is 7.58. The fraction of sp³-hybridized carbons (Fsp3) is 0.444. The van der Waals surface area contributed by atoms with E-state index in [1.54, 1.807) is 0 Å². The van der Waals surface area contributed by atoms with Crippen LogP contribution in [0.5, 0.6) is 0 Å². The van der Waals surface area contributed by atoms with E-state index in [4.69, 9.17) is 4.42 Å². The number of nitrogens with zero attached hydrogens (tertiary/aromatic N) is 4. The highest BCUT2D eigenvalue weighted by atomic mass is 19.3. The van der Waals surface area contributed by atoms with Crippen molar-refractivity contribution < 1.29 is 13.2 Å². The highest BCUT2D eigenvalue weighted by molar-refractivity contribution is 5.49. The maximum absolute atomic E-state index is 12.3. The molecule has 0 N–H and O–H groups in total. The lowest BCUT2D eigenvalue weighted by Crippen LogP contribution is -1.96. The van der Waals surface area contributed by atoms with Crippen molar-refractivity contribution in [1.82, 2.24) is 20.0 Å². The van der Waals surface area contributed by atoms with Crippen LogP contribution in [-0.4, -0.2) is 20.0 Å². The summed E-state index contributed by atoms with van der Waals surface area (Å²) in [5.41, 5.74) is 0.389. The number of hydrogen-bond acceptors (Lipinski definition) is 4. The first kappa shape index (κ1) is 10.7. The summed E-state index contributed by atoms with van der Waals surface area (Å²) in [6.45, 7) is 1.14. The van der Waals surface area contributed by atoms with E-state index in [0.29, 0.717) is 16.1 Å². The van der Waals surface area contributed by atoms with Crippen molar-refractivity contribution >= 4 is 0 Å². The van der Waals surface area contributed by atoms with E-state index in [1.807, 2.05) is 13.8 Å². The van der Waals surface area contributed by atoms with Gasteiger partial charge in [-0.2, -0.15) is 13.9 Å². The van der Waals surface area contributed by atoms with Crippen LogP contribution in [0.15, 0.2) is 16.8 Å². The fourth-order valence-electron chi connectivity index (χ4n) is 1.14. The van der Waals surface area contributed by atoms with Crippen LogP contribution >= 0.6 is 0 Å². The summed E-state index contributed by atoms with van der Waals surface area (Å²) in [6, 6.07) is 0. The molecule has 2 rings (SSSR count). The Morgan fingerprint density at radius 3 is 2.56 bits per heavy atom. The van der Waals surface area contributed by atoms with Crippen molar-refractivity contribution in [2.45, 2.75) is 26.3 Å². The molecule has 0 radical (unpaired) electrons. The summed E-state index contributed by atoms with van der Waals surface area (Å²) in [4.78, 5) is 0. The lowest BCUT2D eigenvalue weighted by atomic mass is 10.2. The van der Waals surface area contributed by atoms with Crippen LogP contribution in [0.1, 0.15) is 32.2 Å². The van der Waals surface area contributed by atoms with Gasteiger partial charge in [0.25, 0.3) is 5.89 Å². The van der Waals surface area contributed by atoms with Gasteiger partial charge in [-0.3, -0.25) is 0 Å². The molecule has 7 heteroatoms. The van der Waals surface area contributed by atoms with Crippen molar-refractivity contribution in [2.75, 3.05) is 0 Å². The Balaban J connectivity index is 2.28. The third-order valence-corrected chi connectivity index (χ3v) is 1.98. The molecule has 2 aromatic heterocycles. The summed E-state index contributed by atoms with van der Waals surface area (Å²) >= 11 is 0. The zero-order valence-electron chi connectivity index (χ0n) is 8.76. The van der Waals surface area contributed by atoms with Gasteiger partial charge >= 0.3 is 6.55 Å². The second kappa shape index (κ2) is 3.99. The largest absolute Gasteiger partial charge is 0.420 e. The van der Waals surface area contributed by atoms with Crippen LogP contribution in [-0.2, 0) is 0 Å². The van der Waals surface area contributed by atoms with Crippen molar-refractivity contribution in [3.05, 3.63) is 18.3 Å². The molecule has 5 nitrogen and oxygen atoms in total. The van der Waals surface area contributed by atoms with Crippen LogP contribution in [0.25, 0.3) is 11.5 Å². The number of hydrogen-bond donors (Lipinski definition) is 0. The number of halogens is 2. The normalized spacial score (nSPS) is 11.6. The Morgan fingerprint density at radius 2 is 2.06 bits per heavy atom. The van der Waals surface area contributed by atoms with E-state index >= 15 is 0 Å². The molecular weight excluding hydrogens is 218 g/mol. The van der Waals surface area contributed by atoms with Gasteiger partial charge in [0.05, 0.1) is 11.8 Å². The van der Waals surface area contributed by atoms with Gasteiger partial charge in [-0.25, -0.2) is 4.68 Å². The molecule has 0 bridgehead atoms. The minimum Gasteiger partial charge on any atom is -0.420 e. The number of aromatic nitrogens is 4. The predicted octanol–water partition coefficient (Wildman–Crippen LogP) is 2.45. The van der Waals surface area contributed by atoms with E-state index in [1.165, 1.54) is 12.4 Å². The molecule has 2 heterocycles. The quantitative estimate of drug-likeness (QED) is 0.809. The van der Waals surface area contributed by atoms with E-state index in [2.05, 4.69) is 15.3 Å². The Hall–Kier alpha value is -1.79. The molecule has 0 aliphatic rings. The minimum atomic E-state index is -2.67. The number of rotatable bonds is 3. The summed E-state index contributed by atoms with van der Waals surface area (Å²) in [7, 11) is 0. The van der Waals surface area contributed by atoms with Gasteiger partial charge in [0.15, 0.2) is 0 Å². The van der Waals surface area contributed by atoms with Gasteiger partial charge in [-0.05, 0) is 0 Å². The Morgan fingerprint density at radius 1 is 1.31 bits per heavy atom. The molecule has 0 amide bonds. The van der Waals surface area contributed by atoms with E-state index < -0.39 is 6.55 Å². The van der Waals surface area contributed by atoms with Crippen LogP contribution in [0.4, 0.5) is 8.78 Å². The summed E-state index contributed by atoms with van der Waals surface area (Å²) in [6.07, 6.45) is 2.44. The molecule has 0 saturated carbocycles. The summed E-state index contributed by atoms with van der Waals surface area (Å²) in [5.74, 6) is 0.779. The van der Waals surface area contributed by atoms with Gasteiger partial charge in [0.1, 0.15) is 0 Å². The van der Waals surface area contributed by atoms with Crippen LogP contribution < -0.4 is 0 Å². The second-order valence-corrected chi connectivity index (χ2v) is 3.59. The molecule has 0 spiro atoms. The smallest absolute Gasteiger partial charge is 0.333 e. The van der Waals surface area contributed by atoms with E-state index in [-0.39, 0.29) is 11.8 Å². The molecule has 0 saturated heterocycles. The molecule has 16 heavy (non-hydrogen) atoms. The molecule has 0 unspecified atom stereocenters. The standard InChI is InChI=1S/C9H10F2N4O/c1-5(2)7-13-14-8(16-7)6-3-12-15(4-6)9(10)11/h3-5,9H,1-2H3. The van der Waals surface area contributed by atoms with Crippen molar-refractivity contribution in [3.8, 4) is 11.5 Å². The van der Waals surface area contributed by atoms with Gasteiger partial charge in [0, 0.05) is 12.1 Å². The van der Waals surface area contributed by atoms with Crippen molar-refractivity contribution in [2.24, 2.45) is 0 Å². The minimum absolute atomic E-state index is 0.103. The molecule has 0 fully saturated rings. The van der Waals surface area contributed by atoms with E-state index in [9.17, 15) is 8.78 Å². The highest BCUT2D eigenvalue weighted by Crippen LogP contribution is 2.22. The van der Waals surface area contributed by atoms with Gasteiger partial charge < -0.3 is 4.42 Å². The first-order valence-corrected chi connectivity index (χ1v) is 4.74. The fourth-order valence-corrected chi connectivity index (χ4v) is 1.14. The third-order valence-electron chi connectivity index (χ3n) is 1.98. The summed E-state index contributed by atoms with van der Waals surface area (Å²) in [5, 5.41) is 11.1. The monoisotopic (exact) mass is 228 g/mol. The molecule has 0 atom stereocenters.